The van der Waals surface area contributed by atoms with Crippen molar-refractivity contribution in [1.82, 2.24) is 10.2 Å². The smallest absolute Gasteiger partial charge is 0.335 e. The first-order valence-electron chi connectivity index (χ1n) is 7.83. The first kappa shape index (κ1) is 18.0. The van der Waals surface area contributed by atoms with Gasteiger partial charge in [-0.3, -0.25) is 9.59 Å². The van der Waals surface area contributed by atoms with Gasteiger partial charge in [-0.1, -0.05) is 13.8 Å². The number of carboxylic acid groups (broad SMARTS) is 1. The number of carboxylic acids is 1. The van der Waals surface area contributed by atoms with E-state index in [1.807, 2.05) is 13.8 Å². The first-order valence-corrected chi connectivity index (χ1v) is 7.83. The number of furan rings is 1. The van der Waals surface area contributed by atoms with Crippen LogP contribution in [0.15, 0.2) is 22.8 Å². The van der Waals surface area contributed by atoms with E-state index in [1.165, 1.54) is 17.2 Å². The van der Waals surface area contributed by atoms with Crippen molar-refractivity contribution < 1.29 is 29.0 Å². The summed E-state index contributed by atoms with van der Waals surface area (Å²) in [7, 11) is 0. The van der Waals surface area contributed by atoms with Crippen molar-refractivity contribution in [3.8, 4) is 0 Å². The molecule has 0 saturated carbocycles. The highest BCUT2D eigenvalue weighted by molar-refractivity contribution is 5.95. The van der Waals surface area contributed by atoms with Gasteiger partial charge in [0.25, 0.3) is 5.91 Å². The van der Waals surface area contributed by atoms with Gasteiger partial charge in [0.2, 0.25) is 5.91 Å². The fraction of sp³-hybridized carbons (Fsp3) is 0.562. The Kier molecular flexibility index (Phi) is 5.28. The van der Waals surface area contributed by atoms with Crippen LogP contribution in [-0.2, 0) is 9.59 Å². The lowest BCUT2D eigenvalue weighted by atomic mass is 9.90. The third kappa shape index (κ3) is 3.76. The highest BCUT2D eigenvalue weighted by atomic mass is 16.4. The molecule has 0 aliphatic carbocycles. The molecule has 1 aliphatic rings. The predicted molar refractivity (Wildman–Crippen MR) is 83.2 cm³/mol. The molecule has 1 aliphatic heterocycles. The van der Waals surface area contributed by atoms with Crippen LogP contribution >= 0.6 is 0 Å². The Morgan fingerprint density at radius 1 is 1.29 bits per heavy atom. The van der Waals surface area contributed by atoms with E-state index in [9.17, 15) is 19.5 Å². The quantitative estimate of drug-likeness (QED) is 0.718. The lowest BCUT2D eigenvalue weighted by Crippen LogP contribution is -2.56. The van der Waals surface area contributed by atoms with Gasteiger partial charge >= 0.3 is 5.97 Å². The van der Waals surface area contributed by atoms with Crippen LogP contribution in [0.25, 0.3) is 0 Å². The van der Waals surface area contributed by atoms with Crippen molar-refractivity contribution in [3.05, 3.63) is 24.2 Å². The molecule has 1 unspecified atom stereocenters. The molecule has 3 N–H and O–H groups in total. The molecule has 0 bridgehead atoms. The summed E-state index contributed by atoms with van der Waals surface area (Å²) < 4.78 is 5.02. The molecule has 0 spiro atoms. The largest absolute Gasteiger partial charge is 0.479 e. The van der Waals surface area contributed by atoms with Gasteiger partial charge in [0.15, 0.2) is 11.4 Å². The zero-order valence-corrected chi connectivity index (χ0v) is 13.7. The van der Waals surface area contributed by atoms with Gasteiger partial charge in [-0.05, 0) is 18.1 Å². The SMILES string of the molecule is CC(C)C(NC(=O)c1ccco1)C(=O)N1CCC(O)(C(=O)O)CC1. The van der Waals surface area contributed by atoms with Crippen LogP contribution in [-0.4, -0.2) is 57.6 Å². The number of nitrogens with one attached hydrogen (secondary N) is 1. The number of nitrogens with zero attached hydrogens (tertiary/aromatic N) is 1. The number of carbonyl (C=O) groups is 3. The Balaban J connectivity index is 2.02. The number of aliphatic carboxylic acids is 1. The molecule has 1 aromatic heterocycles. The monoisotopic (exact) mass is 338 g/mol. The van der Waals surface area contributed by atoms with E-state index < -0.39 is 23.5 Å². The maximum absolute atomic E-state index is 12.7. The van der Waals surface area contributed by atoms with Crippen molar-refractivity contribution >= 4 is 17.8 Å². The number of likely N-dealkylation sites (tertiary alicyclic amines) is 1. The summed E-state index contributed by atoms with van der Waals surface area (Å²) in [4.78, 5) is 37.3. The number of piperidine rings is 1. The van der Waals surface area contributed by atoms with Crippen molar-refractivity contribution in [2.45, 2.75) is 38.3 Å². The summed E-state index contributed by atoms with van der Waals surface area (Å²) in [6, 6.07) is 2.34. The molecule has 0 aromatic carbocycles. The molecule has 1 aromatic rings. The number of rotatable bonds is 5. The Hall–Kier alpha value is -2.35. The zero-order valence-electron chi connectivity index (χ0n) is 13.7. The average Bonchev–Trinajstić information content (AvgIpc) is 3.06. The minimum absolute atomic E-state index is 0.0367. The maximum atomic E-state index is 12.7. The average molecular weight is 338 g/mol. The van der Waals surface area contributed by atoms with E-state index in [0.29, 0.717) is 0 Å². The molecule has 2 rings (SSSR count). The molecule has 0 radical (unpaired) electrons. The molecule has 2 amide bonds. The highest BCUT2D eigenvalue weighted by Crippen LogP contribution is 2.23. The second kappa shape index (κ2) is 7.04. The lowest BCUT2D eigenvalue weighted by molar-refractivity contribution is -0.165. The summed E-state index contributed by atoms with van der Waals surface area (Å²) in [5.41, 5.74) is -1.79. The molecule has 8 heteroatoms. The number of carbonyl (C=O) groups excluding carboxylic acids is 2. The van der Waals surface area contributed by atoms with E-state index >= 15 is 0 Å². The van der Waals surface area contributed by atoms with Gasteiger partial charge in [-0.25, -0.2) is 4.79 Å². The van der Waals surface area contributed by atoms with Gasteiger partial charge in [0, 0.05) is 25.9 Å². The maximum Gasteiger partial charge on any atom is 0.335 e. The Morgan fingerprint density at radius 2 is 1.92 bits per heavy atom. The van der Waals surface area contributed by atoms with Crippen LogP contribution < -0.4 is 5.32 Å². The lowest BCUT2D eigenvalue weighted by Gasteiger charge is -2.37. The van der Waals surface area contributed by atoms with E-state index in [2.05, 4.69) is 5.32 Å². The highest BCUT2D eigenvalue weighted by Gasteiger charge is 2.41. The second-order valence-corrected chi connectivity index (χ2v) is 6.33. The molecular formula is C16H22N2O6. The molecule has 24 heavy (non-hydrogen) atoms. The topological polar surface area (TPSA) is 120 Å². The number of aliphatic hydroxyl groups is 1. The Labute approximate surface area is 139 Å². The molecule has 1 fully saturated rings. The van der Waals surface area contributed by atoms with Crippen molar-refractivity contribution in [1.29, 1.82) is 0 Å². The number of hydrogen-bond donors (Lipinski definition) is 3. The van der Waals surface area contributed by atoms with Gasteiger partial charge in [-0.2, -0.15) is 0 Å². The van der Waals surface area contributed by atoms with Gasteiger partial charge in [0.1, 0.15) is 6.04 Å². The van der Waals surface area contributed by atoms with Crippen LogP contribution in [0.2, 0.25) is 0 Å². The van der Waals surface area contributed by atoms with Crippen LogP contribution in [0, 0.1) is 5.92 Å². The summed E-state index contributed by atoms with van der Waals surface area (Å²) in [5.74, 6) is -2.09. The van der Waals surface area contributed by atoms with Crippen LogP contribution in [0.5, 0.6) is 0 Å². The third-order valence-corrected chi connectivity index (χ3v) is 4.26. The molecule has 132 valence electrons. The van der Waals surface area contributed by atoms with E-state index in [1.54, 1.807) is 6.07 Å². The molecule has 8 nitrogen and oxygen atoms in total. The summed E-state index contributed by atoms with van der Waals surface area (Å²) in [5, 5.41) is 21.6. The fourth-order valence-corrected chi connectivity index (χ4v) is 2.64. The minimum atomic E-state index is -1.79. The third-order valence-electron chi connectivity index (χ3n) is 4.26. The molecule has 1 saturated heterocycles. The number of hydrogen-bond acceptors (Lipinski definition) is 5. The van der Waals surface area contributed by atoms with Crippen LogP contribution in [0.4, 0.5) is 0 Å². The minimum Gasteiger partial charge on any atom is -0.479 e. The van der Waals surface area contributed by atoms with Gasteiger partial charge < -0.3 is 24.8 Å². The van der Waals surface area contributed by atoms with Crippen molar-refractivity contribution in [3.63, 3.8) is 0 Å². The fourth-order valence-electron chi connectivity index (χ4n) is 2.64. The second-order valence-electron chi connectivity index (χ2n) is 6.33. The van der Waals surface area contributed by atoms with Crippen LogP contribution in [0.1, 0.15) is 37.2 Å². The Bertz CT molecular complexity index is 602. The standard InChI is InChI=1S/C16H22N2O6/c1-10(2)12(17-13(19)11-4-3-9-24-11)14(20)18-7-5-16(23,6-8-18)15(21)22/h3-4,9-10,12,23H,5-8H2,1-2H3,(H,17,19)(H,21,22). The van der Waals surface area contributed by atoms with Gasteiger partial charge in [-0.15, -0.1) is 0 Å². The Morgan fingerprint density at radius 3 is 2.38 bits per heavy atom. The summed E-state index contributed by atoms with van der Waals surface area (Å²) in [6.45, 7) is 3.87. The summed E-state index contributed by atoms with van der Waals surface area (Å²) in [6.07, 6.45) is 1.30. The van der Waals surface area contributed by atoms with E-state index in [-0.39, 0.29) is 43.5 Å². The van der Waals surface area contributed by atoms with Gasteiger partial charge in [0.05, 0.1) is 6.26 Å². The molecule has 1 atom stereocenters. The van der Waals surface area contributed by atoms with E-state index in [4.69, 9.17) is 9.52 Å². The van der Waals surface area contributed by atoms with Crippen molar-refractivity contribution in [2.75, 3.05) is 13.1 Å². The molecular weight excluding hydrogens is 316 g/mol. The van der Waals surface area contributed by atoms with E-state index in [0.717, 1.165) is 0 Å². The van der Waals surface area contributed by atoms with Crippen LogP contribution in [0.3, 0.4) is 0 Å². The molecule has 2 heterocycles. The summed E-state index contributed by atoms with van der Waals surface area (Å²) >= 11 is 0. The number of amides is 2. The zero-order chi connectivity index (χ0) is 17.9. The normalized spacial score (nSPS) is 18.2. The predicted octanol–water partition coefficient (Wildman–Crippen LogP) is 0.472. The first-order chi connectivity index (χ1) is 11.2. The van der Waals surface area contributed by atoms with Crippen molar-refractivity contribution in [2.24, 2.45) is 5.92 Å².